The second kappa shape index (κ2) is 7.90. The molecule has 4 nitrogen and oxygen atoms in total. The first-order valence-electron chi connectivity index (χ1n) is 8.08. The Morgan fingerprint density at radius 1 is 1.08 bits per heavy atom. The van der Waals surface area contributed by atoms with Crippen LogP contribution in [0.3, 0.4) is 0 Å². The Labute approximate surface area is 165 Å². The number of sulfonamides is 1. The topological polar surface area (TPSA) is 66.4 Å². The van der Waals surface area contributed by atoms with Crippen molar-refractivity contribution in [2.45, 2.75) is 23.1 Å². The first kappa shape index (κ1) is 19.1. The molecule has 0 bridgehead atoms. The summed E-state index contributed by atoms with van der Waals surface area (Å²) in [6.07, 6.45) is 0.955. The number of hydrogen-bond donors (Lipinski definition) is 2. The van der Waals surface area contributed by atoms with Crippen LogP contribution in [0.25, 0.3) is 10.8 Å². The molecule has 136 valence electrons. The molecule has 3 aromatic carbocycles. The van der Waals surface area contributed by atoms with E-state index in [2.05, 4.69) is 27.6 Å². The van der Waals surface area contributed by atoms with Crippen molar-refractivity contribution in [3.63, 3.8) is 0 Å². The van der Waals surface area contributed by atoms with E-state index in [1.807, 2.05) is 12.1 Å². The van der Waals surface area contributed by atoms with Crippen molar-refractivity contribution < 1.29 is 13.5 Å². The van der Waals surface area contributed by atoms with Gasteiger partial charge in [0.15, 0.2) is 0 Å². The van der Waals surface area contributed by atoms with Crippen LogP contribution < -0.4 is 4.72 Å². The molecule has 3 rings (SSSR count). The van der Waals surface area contributed by atoms with Gasteiger partial charge in [-0.25, -0.2) is 8.42 Å². The summed E-state index contributed by atoms with van der Waals surface area (Å²) in [5, 5.41) is 11.8. The molecule has 0 aliphatic carbocycles. The molecule has 0 saturated carbocycles. The van der Waals surface area contributed by atoms with Gasteiger partial charge >= 0.3 is 0 Å². The van der Waals surface area contributed by atoms with Gasteiger partial charge in [-0.15, -0.1) is 11.8 Å². The Hall–Kier alpha value is -1.70. The number of phenols is 1. The van der Waals surface area contributed by atoms with Crippen molar-refractivity contribution in [3.8, 4) is 5.75 Å². The van der Waals surface area contributed by atoms with Gasteiger partial charge in [0, 0.05) is 15.2 Å². The molecular formula is C19H18BrNO3S2. The summed E-state index contributed by atoms with van der Waals surface area (Å²) < 4.78 is 29.0. The van der Waals surface area contributed by atoms with Crippen LogP contribution in [0.5, 0.6) is 5.75 Å². The lowest BCUT2D eigenvalue weighted by Gasteiger charge is -2.15. The maximum absolute atomic E-state index is 12.8. The zero-order chi connectivity index (χ0) is 18.7. The molecule has 0 unspecified atom stereocenters. The third-order valence-corrected chi connectivity index (χ3v) is 6.96. The van der Waals surface area contributed by atoms with Gasteiger partial charge in [0.1, 0.15) is 5.75 Å². The van der Waals surface area contributed by atoms with Crippen molar-refractivity contribution in [2.24, 2.45) is 0 Å². The van der Waals surface area contributed by atoms with Crippen molar-refractivity contribution in [3.05, 3.63) is 59.1 Å². The number of halogens is 1. The van der Waals surface area contributed by atoms with Gasteiger partial charge in [-0.05, 0) is 42.5 Å². The Morgan fingerprint density at radius 2 is 1.73 bits per heavy atom. The van der Waals surface area contributed by atoms with E-state index in [9.17, 15) is 13.5 Å². The Balaban J connectivity index is 2.08. The first-order valence-corrected chi connectivity index (χ1v) is 11.3. The Morgan fingerprint density at radius 3 is 2.38 bits per heavy atom. The highest BCUT2D eigenvalue weighted by Gasteiger charge is 2.18. The van der Waals surface area contributed by atoms with Crippen LogP contribution >= 0.6 is 27.7 Å². The number of rotatable bonds is 6. The summed E-state index contributed by atoms with van der Waals surface area (Å²) in [6, 6.07) is 15.4. The maximum Gasteiger partial charge on any atom is 0.261 e. The molecular weight excluding hydrogens is 434 g/mol. The fourth-order valence-electron chi connectivity index (χ4n) is 2.56. The summed E-state index contributed by atoms with van der Waals surface area (Å²) in [4.78, 5) is 0.847. The zero-order valence-electron chi connectivity index (χ0n) is 14.1. The van der Waals surface area contributed by atoms with E-state index in [1.54, 1.807) is 42.5 Å². The molecule has 0 saturated heterocycles. The second-order valence-electron chi connectivity index (χ2n) is 5.72. The van der Waals surface area contributed by atoms with E-state index in [0.717, 1.165) is 16.6 Å². The molecule has 0 aliphatic rings. The minimum absolute atomic E-state index is 0.181. The molecule has 2 N–H and O–H groups in total. The summed E-state index contributed by atoms with van der Waals surface area (Å²) in [5.41, 5.74) is 0.458. The average Bonchev–Trinajstić information content (AvgIpc) is 2.63. The highest BCUT2D eigenvalue weighted by atomic mass is 79.9. The van der Waals surface area contributed by atoms with Crippen LogP contribution in [0.1, 0.15) is 13.3 Å². The molecule has 26 heavy (non-hydrogen) atoms. The van der Waals surface area contributed by atoms with E-state index in [1.165, 1.54) is 11.8 Å². The molecule has 7 heteroatoms. The Kier molecular flexibility index (Phi) is 5.79. The fourth-order valence-corrected chi connectivity index (χ4v) is 4.77. The average molecular weight is 452 g/mol. The van der Waals surface area contributed by atoms with Gasteiger partial charge in [-0.3, -0.25) is 4.72 Å². The number of anilines is 1. The molecule has 0 amide bonds. The van der Waals surface area contributed by atoms with Crippen molar-refractivity contribution >= 4 is 54.2 Å². The van der Waals surface area contributed by atoms with Crippen LogP contribution in [0.15, 0.2) is 68.9 Å². The summed E-state index contributed by atoms with van der Waals surface area (Å²) in [5.74, 6) is 1.02. The third kappa shape index (κ3) is 4.00. The highest BCUT2D eigenvalue weighted by molar-refractivity contribution is 9.10. The highest BCUT2D eigenvalue weighted by Crippen LogP contribution is 2.40. The quantitative estimate of drug-likeness (QED) is 0.377. The number of benzene rings is 3. The number of thioether (sulfide) groups is 1. The molecule has 0 atom stereocenters. The predicted octanol–water partition coefficient (Wildman–Crippen LogP) is 5.61. The third-order valence-electron chi connectivity index (χ3n) is 3.81. The molecule has 0 aromatic heterocycles. The van der Waals surface area contributed by atoms with Crippen molar-refractivity contribution in [2.75, 3.05) is 10.5 Å². The smallest absolute Gasteiger partial charge is 0.261 e. The summed E-state index contributed by atoms with van der Waals surface area (Å²) >= 11 is 4.82. The number of aromatic hydroxyl groups is 1. The minimum Gasteiger partial charge on any atom is -0.506 e. The number of hydrogen-bond acceptors (Lipinski definition) is 4. The number of fused-ring (bicyclic) bond motifs is 1. The zero-order valence-corrected chi connectivity index (χ0v) is 17.3. The van der Waals surface area contributed by atoms with Gasteiger partial charge in [0.2, 0.25) is 0 Å². The van der Waals surface area contributed by atoms with Crippen LogP contribution in [-0.2, 0) is 10.0 Å². The second-order valence-corrected chi connectivity index (χ2v) is 9.46. The predicted molar refractivity (Wildman–Crippen MR) is 112 cm³/mol. The number of phenolic OH excluding ortho intramolecular Hbond substituents is 1. The van der Waals surface area contributed by atoms with Gasteiger partial charge < -0.3 is 5.11 Å². The Bertz CT molecular complexity index is 1030. The molecule has 0 heterocycles. The summed E-state index contributed by atoms with van der Waals surface area (Å²) in [7, 11) is -3.73. The van der Waals surface area contributed by atoms with E-state index < -0.39 is 10.0 Å². The van der Waals surface area contributed by atoms with E-state index >= 15 is 0 Å². The lowest BCUT2D eigenvalue weighted by atomic mass is 10.1. The SMILES string of the molecule is CCCSc1cc(NS(=O)(=O)c2ccc(Br)cc2)c2ccccc2c1O. The van der Waals surface area contributed by atoms with Gasteiger partial charge in [-0.1, -0.05) is 47.1 Å². The monoisotopic (exact) mass is 451 g/mol. The maximum atomic E-state index is 12.8. The van der Waals surface area contributed by atoms with Gasteiger partial charge in [0.05, 0.1) is 15.5 Å². The number of nitrogens with one attached hydrogen (secondary N) is 1. The fraction of sp³-hybridized carbons (Fsp3) is 0.158. The van der Waals surface area contributed by atoms with Gasteiger partial charge in [0.25, 0.3) is 10.0 Å². The van der Waals surface area contributed by atoms with Crippen LogP contribution in [-0.4, -0.2) is 19.3 Å². The summed E-state index contributed by atoms with van der Waals surface area (Å²) in [6.45, 7) is 2.06. The largest absolute Gasteiger partial charge is 0.506 e. The minimum atomic E-state index is -3.73. The molecule has 0 spiro atoms. The van der Waals surface area contributed by atoms with Crippen LogP contribution in [0.4, 0.5) is 5.69 Å². The lowest BCUT2D eigenvalue weighted by molar-refractivity contribution is 0.469. The van der Waals surface area contributed by atoms with E-state index in [-0.39, 0.29) is 10.6 Å². The normalized spacial score (nSPS) is 11.6. The molecule has 3 aromatic rings. The molecule has 0 radical (unpaired) electrons. The van der Waals surface area contributed by atoms with Crippen molar-refractivity contribution in [1.82, 2.24) is 0 Å². The standard InChI is InChI=1S/C19H18BrNO3S2/c1-2-11-25-18-12-17(15-5-3-4-6-16(15)19(18)22)21-26(23,24)14-9-7-13(20)8-10-14/h3-10,12,21-22H,2,11H2,1H3. The van der Waals surface area contributed by atoms with E-state index in [0.29, 0.717) is 21.4 Å². The van der Waals surface area contributed by atoms with Crippen molar-refractivity contribution in [1.29, 1.82) is 0 Å². The molecule has 0 fully saturated rings. The lowest BCUT2D eigenvalue weighted by Crippen LogP contribution is -2.13. The van der Waals surface area contributed by atoms with Crippen LogP contribution in [0.2, 0.25) is 0 Å². The first-order chi connectivity index (χ1) is 12.4. The van der Waals surface area contributed by atoms with Crippen LogP contribution in [0, 0.1) is 0 Å². The molecule has 0 aliphatic heterocycles. The van der Waals surface area contributed by atoms with Gasteiger partial charge in [-0.2, -0.15) is 0 Å². The van der Waals surface area contributed by atoms with E-state index in [4.69, 9.17) is 0 Å².